The minimum absolute atomic E-state index is 0.685. The molecule has 0 aliphatic carbocycles. The molecule has 0 rings (SSSR count). The van der Waals surface area contributed by atoms with Crippen molar-refractivity contribution in [2.24, 2.45) is 0 Å². The quantitative estimate of drug-likeness (QED) is 0.565. The summed E-state index contributed by atoms with van der Waals surface area (Å²) in [5, 5.41) is 3.57. The fourth-order valence-electron chi connectivity index (χ4n) is 1.04. The van der Waals surface area contributed by atoms with Crippen LogP contribution in [0.5, 0.6) is 0 Å². The second kappa shape index (κ2) is 6.28. The van der Waals surface area contributed by atoms with Crippen molar-refractivity contribution in [3.8, 4) is 0 Å². The van der Waals surface area contributed by atoms with Gasteiger partial charge in [0, 0.05) is 0 Å². The molecule has 1 N–H and O–H groups in total. The first-order chi connectivity index (χ1) is 4.74. The molecular weight excluding hydrogens is 117 g/mol. The van der Waals surface area contributed by atoms with Crippen molar-refractivity contribution in [1.82, 2.24) is 5.32 Å². The van der Waals surface area contributed by atoms with Crippen LogP contribution in [0, 0.1) is 0 Å². The van der Waals surface area contributed by atoms with Gasteiger partial charge in [-0.1, -0.05) is 0 Å². The van der Waals surface area contributed by atoms with Gasteiger partial charge in [-0.25, -0.2) is 0 Å². The first-order valence-corrected chi connectivity index (χ1v) is 4.50. The molecule has 10 heavy (non-hydrogen) atoms. The Balaban J connectivity index is 3.41. The number of rotatable bonds is 5. The van der Waals surface area contributed by atoms with Crippen molar-refractivity contribution < 1.29 is 0 Å². The Morgan fingerprint density at radius 2 is 1.60 bits per heavy atom. The average molecular weight is 135 g/mol. The summed E-state index contributed by atoms with van der Waals surface area (Å²) in [6, 6.07) is 0.731. The Hall–Kier alpha value is 0.557. The first kappa shape index (κ1) is 10.6. The molecule has 0 saturated heterocycles. The Labute approximate surface area is 74.2 Å². The monoisotopic (exact) mass is 135 g/mol. The molecule has 0 heterocycles. The van der Waals surface area contributed by atoms with Crippen LogP contribution in [0.15, 0.2) is 0 Å². The molecule has 0 saturated carbocycles. The van der Waals surface area contributed by atoms with Gasteiger partial charge in [-0.3, -0.25) is 0 Å². The van der Waals surface area contributed by atoms with E-state index in [0.29, 0.717) is 4.71 Å². The van der Waals surface area contributed by atoms with Crippen LogP contribution < -0.4 is 5.32 Å². The molecule has 1 unspecified atom stereocenters. The fourth-order valence-corrected chi connectivity index (χ4v) is 1.04. The molecule has 0 fully saturated rings. The van der Waals surface area contributed by atoms with Gasteiger partial charge in [0.1, 0.15) is 0 Å². The number of hydrogen-bond acceptors (Lipinski definition) is 1. The van der Waals surface area contributed by atoms with E-state index in [1.165, 1.54) is 19.3 Å². The van der Waals surface area contributed by atoms with Gasteiger partial charge in [-0.05, 0) is 0 Å². The summed E-state index contributed by atoms with van der Waals surface area (Å²) in [6.45, 7) is 6.70. The van der Waals surface area contributed by atoms with E-state index in [-0.39, 0.29) is 0 Å². The zero-order chi connectivity index (χ0) is 7.98. The van der Waals surface area contributed by atoms with Gasteiger partial charge in [-0.2, -0.15) is 0 Å². The zero-order valence-electron chi connectivity index (χ0n) is 7.78. The van der Waals surface area contributed by atoms with Gasteiger partial charge in [0.2, 0.25) is 0 Å². The summed E-state index contributed by atoms with van der Waals surface area (Å²) in [5.41, 5.74) is 0. The number of hydrogen-bond donors (Lipinski definition) is 1. The van der Waals surface area contributed by atoms with Crippen molar-refractivity contribution in [1.29, 1.82) is 0 Å². The SMILES string of the molecule is [Li][CH](CC)NC(CC)CC. The predicted octanol–water partition coefficient (Wildman–Crippen LogP) is 1.67. The molecule has 1 nitrogen and oxygen atoms in total. The van der Waals surface area contributed by atoms with E-state index in [0.717, 1.165) is 6.04 Å². The van der Waals surface area contributed by atoms with Gasteiger partial charge in [-0.15, -0.1) is 0 Å². The molecule has 56 valence electrons. The third-order valence-corrected chi connectivity index (χ3v) is 2.12. The molecule has 1 atom stereocenters. The summed E-state index contributed by atoms with van der Waals surface area (Å²) in [7, 11) is 0. The topological polar surface area (TPSA) is 12.0 Å². The second-order valence-electron chi connectivity index (χ2n) is 2.99. The molecular formula is C8H18LiN. The normalized spacial score (nSPS) is 14.2. The Kier molecular flexibility index (Phi) is 6.63. The van der Waals surface area contributed by atoms with E-state index in [1.807, 2.05) is 0 Å². The summed E-state index contributed by atoms with van der Waals surface area (Å²) in [6.07, 6.45) is 3.73. The second-order valence-corrected chi connectivity index (χ2v) is 2.99. The van der Waals surface area contributed by atoms with Gasteiger partial charge in [0.25, 0.3) is 0 Å². The maximum atomic E-state index is 3.57. The summed E-state index contributed by atoms with van der Waals surface area (Å²) < 4.78 is 0.685. The maximum absolute atomic E-state index is 3.57. The molecule has 2 heteroatoms. The van der Waals surface area contributed by atoms with Crippen LogP contribution in [0.2, 0.25) is 0 Å². The molecule has 0 aliphatic rings. The minimum atomic E-state index is 0.685. The van der Waals surface area contributed by atoms with Crippen LogP contribution in [0.25, 0.3) is 0 Å². The molecule has 0 radical (unpaired) electrons. The summed E-state index contributed by atoms with van der Waals surface area (Å²) in [5.74, 6) is 0. The van der Waals surface area contributed by atoms with Crippen LogP contribution in [-0.4, -0.2) is 28.5 Å². The number of nitrogens with one attached hydrogen (secondary N) is 1. The van der Waals surface area contributed by atoms with Gasteiger partial charge < -0.3 is 0 Å². The van der Waals surface area contributed by atoms with Crippen molar-refractivity contribution >= 4 is 17.7 Å². The molecule has 0 aromatic rings. The van der Waals surface area contributed by atoms with Crippen LogP contribution in [-0.2, 0) is 0 Å². The van der Waals surface area contributed by atoms with Crippen LogP contribution in [0.3, 0.4) is 0 Å². The van der Waals surface area contributed by atoms with Crippen LogP contribution in [0.1, 0.15) is 40.0 Å². The van der Waals surface area contributed by atoms with E-state index in [1.54, 1.807) is 0 Å². The zero-order valence-corrected chi connectivity index (χ0v) is 7.78. The van der Waals surface area contributed by atoms with Gasteiger partial charge >= 0.3 is 73.8 Å². The van der Waals surface area contributed by atoms with Gasteiger partial charge in [0.15, 0.2) is 0 Å². The summed E-state index contributed by atoms with van der Waals surface area (Å²) >= 11 is 2.25. The van der Waals surface area contributed by atoms with Crippen molar-refractivity contribution in [3.63, 3.8) is 0 Å². The van der Waals surface area contributed by atoms with E-state index >= 15 is 0 Å². The Bertz CT molecular complexity index is 71.7. The molecule has 0 aromatic carbocycles. The summed E-state index contributed by atoms with van der Waals surface area (Å²) in [4.78, 5) is 0. The van der Waals surface area contributed by atoms with E-state index in [2.05, 4.69) is 43.8 Å². The third kappa shape index (κ3) is 4.39. The predicted molar refractivity (Wildman–Crippen MR) is 47.3 cm³/mol. The first-order valence-electron chi connectivity index (χ1n) is 4.50. The van der Waals surface area contributed by atoms with E-state index in [4.69, 9.17) is 0 Å². The van der Waals surface area contributed by atoms with E-state index in [9.17, 15) is 0 Å². The Morgan fingerprint density at radius 1 is 1.10 bits per heavy atom. The van der Waals surface area contributed by atoms with Crippen molar-refractivity contribution in [3.05, 3.63) is 0 Å². The van der Waals surface area contributed by atoms with Crippen LogP contribution in [0.4, 0.5) is 0 Å². The van der Waals surface area contributed by atoms with Gasteiger partial charge in [0.05, 0.1) is 0 Å². The molecule has 0 aromatic heterocycles. The Morgan fingerprint density at radius 3 is 1.90 bits per heavy atom. The molecule has 0 spiro atoms. The van der Waals surface area contributed by atoms with Crippen molar-refractivity contribution in [2.75, 3.05) is 0 Å². The third-order valence-electron chi connectivity index (χ3n) is 2.12. The fraction of sp³-hybridized carbons (Fsp3) is 1.00. The van der Waals surface area contributed by atoms with Crippen molar-refractivity contribution in [2.45, 2.75) is 50.8 Å². The van der Waals surface area contributed by atoms with E-state index < -0.39 is 0 Å². The molecule has 0 bridgehead atoms. The van der Waals surface area contributed by atoms with Crippen LogP contribution >= 0.6 is 0 Å². The molecule has 0 aliphatic heterocycles. The molecule has 0 amide bonds. The average Bonchev–Trinajstić information content (AvgIpc) is 1.99. The standard InChI is InChI=1S/C8H18N.Li/c1-4-7-9-8(5-2)6-3;/h7-9H,4-6H2,1-3H3;.